The molecular weight excluding hydrogens is 344 g/mol. The van der Waals surface area contributed by atoms with E-state index < -0.39 is 0 Å². The van der Waals surface area contributed by atoms with E-state index >= 15 is 0 Å². The number of rotatable bonds is 6. The van der Waals surface area contributed by atoms with Crippen molar-refractivity contribution in [3.05, 3.63) is 59.2 Å². The van der Waals surface area contributed by atoms with E-state index in [0.29, 0.717) is 10.8 Å². The molecule has 5 nitrogen and oxygen atoms in total. The molecule has 0 aliphatic heterocycles. The predicted octanol–water partition coefficient (Wildman–Crippen LogP) is 4.39. The average molecular weight is 366 g/mol. The van der Waals surface area contributed by atoms with Crippen LogP contribution in [0.2, 0.25) is 0 Å². The standard InChI is InChI=1S/C20H22N4OS/c1-4-14-5-7-15(8-6-14)12-21-24-19(25)16-9-10-17-18(11-16)23-20(22-17)26-13(2)3/h5-13H,4H2,1-3H3,(H,22,23)(H,24,25)/b21-12-. The van der Waals surface area contributed by atoms with E-state index in [-0.39, 0.29) is 5.91 Å². The Morgan fingerprint density at radius 2 is 2.04 bits per heavy atom. The van der Waals surface area contributed by atoms with Crippen molar-refractivity contribution in [1.82, 2.24) is 15.4 Å². The number of amides is 1. The van der Waals surface area contributed by atoms with Crippen LogP contribution in [-0.4, -0.2) is 27.3 Å². The van der Waals surface area contributed by atoms with Crippen LogP contribution < -0.4 is 5.43 Å². The minimum atomic E-state index is -0.249. The lowest BCUT2D eigenvalue weighted by Crippen LogP contribution is -2.17. The van der Waals surface area contributed by atoms with Gasteiger partial charge in [-0.25, -0.2) is 10.4 Å². The summed E-state index contributed by atoms with van der Waals surface area (Å²) in [4.78, 5) is 20.1. The largest absolute Gasteiger partial charge is 0.333 e. The van der Waals surface area contributed by atoms with Crippen LogP contribution in [0.25, 0.3) is 11.0 Å². The molecule has 0 atom stereocenters. The topological polar surface area (TPSA) is 70.1 Å². The third-order valence-electron chi connectivity index (χ3n) is 3.84. The van der Waals surface area contributed by atoms with E-state index in [1.54, 1.807) is 30.1 Å². The highest BCUT2D eigenvalue weighted by Crippen LogP contribution is 2.23. The summed E-state index contributed by atoms with van der Waals surface area (Å²) in [7, 11) is 0. The maximum absolute atomic E-state index is 12.3. The maximum atomic E-state index is 12.3. The molecule has 0 spiro atoms. The molecule has 0 bridgehead atoms. The number of carbonyl (C=O) groups is 1. The van der Waals surface area contributed by atoms with E-state index in [9.17, 15) is 4.79 Å². The van der Waals surface area contributed by atoms with Crippen LogP contribution in [0.1, 0.15) is 42.3 Å². The van der Waals surface area contributed by atoms with Crippen LogP contribution in [0.3, 0.4) is 0 Å². The Morgan fingerprint density at radius 1 is 1.27 bits per heavy atom. The van der Waals surface area contributed by atoms with Crippen molar-refractivity contribution in [2.24, 2.45) is 5.10 Å². The highest BCUT2D eigenvalue weighted by Gasteiger charge is 2.09. The van der Waals surface area contributed by atoms with Crippen LogP contribution in [0.15, 0.2) is 52.7 Å². The van der Waals surface area contributed by atoms with Crippen LogP contribution in [0.5, 0.6) is 0 Å². The second kappa shape index (κ2) is 8.19. The van der Waals surface area contributed by atoms with E-state index in [1.165, 1.54) is 5.56 Å². The van der Waals surface area contributed by atoms with Crippen molar-refractivity contribution in [1.29, 1.82) is 0 Å². The molecule has 0 saturated heterocycles. The molecular formula is C20H22N4OS. The Kier molecular flexibility index (Phi) is 5.73. The molecule has 0 radical (unpaired) electrons. The highest BCUT2D eigenvalue weighted by molar-refractivity contribution is 7.99. The van der Waals surface area contributed by atoms with E-state index in [4.69, 9.17) is 0 Å². The number of carbonyl (C=O) groups excluding carboxylic acids is 1. The summed E-state index contributed by atoms with van der Waals surface area (Å²) in [6.07, 6.45) is 2.64. The van der Waals surface area contributed by atoms with E-state index in [1.807, 2.05) is 18.2 Å². The average Bonchev–Trinajstić information content (AvgIpc) is 3.02. The van der Waals surface area contributed by atoms with Gasteiger partial charge in [0.2, 0.25) is 0 Å². The third kappa shape index (κ3) is 4.52. The van der Waals surface area contributed by atoms with Gasteiger partial charge in [-0.2, -0.15) is 5.10 Å². The first-order valence-corrected chi connectivity index (χ1v) is 9.52. The molecule has 0 aliphatic carbocycles. The third-order valence-corrected chi connectivity index (χ3v) is 4.73. The van der Waals surface area contributed by atoms with Gasteiger partial charge < -0.3 is 4.98 Å². The van der Waals surface area contributed by atoms with Crippen molar-refractivity contribution in [3.63, 3.8) is 0 Å². The number of hydrogen-bond donors (Lipinski definition) is 2. The predicted molar refractivity (Wildman–Crippen MR) is 108 cm³/mol. The number of hydrazone groups is 1. The van der Waals surface area contributed by atoms with Crippen molar-refractivity contribution in [2.75, 3.05) is 0 Å². The molecule has 0 fully saturated rings. The number of H-pyrrole nitrogens is 1. The maximum Gasteiger partial charge on any atom is 0.271 e. The number of thioether (sulfide) groups is 1. The van der Waals surface area contributed by atoms with Crippen LogP contribution in [0, 0.1) is 0 Å². The van der Waals surface area contributed by atoms with Gasteiger partial charge in [0.15, 0.2) is 5.16 Å². The first-order valence-electron chi connectivity index (χ1n) is 8.64. The summed E-state index contributed by atoms with van der Waals surface area (Å²) >= 11 is 1.66. The van der Waals surface area contributed by atoms with Gasteiger partial charge in [0, 0.05) is 10.8 Å². The van der Waals surface area contributed by atoms with Crippen molar-refractivity contribution in [2.45, 2.75) is 37.6 Å². The summed E-state index contributed by atoms with van der Waals surface area (Å²) in [6, 6.07) is 13.5. The monoisotopic (exact) mass is 366 g/mol. The smallest absolute Gasteiger partial charge is 0.271 e. The number of aromatic nitrogens is 2. The SMILES string of the molecule is CCc1ccc(/C=N\NC(=O)c2ccc3nc(SC(C)C)[nH]c3c2)cc1. The zero-order valence-electron chi connectivity index (χ0n) is 15.1. The molecule has 134 valence electrons. The van der Waals surface area contributed by atoms with Crippen molar-refractivity contribution >= 4 is 34.9 Å². The van der Waals surface area contributed by atoms with Gasteiger partial charge >= 0.3 is 0 Å². The quantitative estimate of drug-likeness (QED) is 0.386. The molecule has 1 amide bonds. The van der Waals surface area contributed by atoms with Gasteiger partial charge in [0.05, 0.1) is 17.2 Å². The second-order valence-corrected chi connectivity index (χ2v) is 7.80. The van der Waals surface area contributed by atoms with Gasteiger partial charge in [-0.15, -0.1) is 0 Å². The minimum Gasteiger partial charge on any atom is -0.333 e. The Morgan fingerprint density at radius 3 is 2.73 bits per heavy atom. The fourth-order valence-corrected chi connectivity index (χ4v) is 3.24. The Balaban J connectivity index is 1.67. The molecule has 0 unspecified atom stereocenters. The van der Waals surface area contributed by atoms with Crippen LogP contribution in [-0.2, 0) is 6.42 Å². The number of nitrogens with zero attached hydrogens (tertiary/aromatic N) is 2. The van der Waals surface area contributed by atoms with Gasteiger partial charge in [-0.3, -0.25) is 4.79 Å². The molecule has 0 aliphatic rings. The van der Waals surface area contributed by atoms with Crippen molar-refractivity contribution in [3.8, 4) is 0 Å². The van der Waals surface area contributed by atoms with Crippen LogP contribution >= 0.6 is 11.8 Å². The minimum absolute atomic E-state index is 0.249. The normalized spacial score (nSPS) is 11.5. The summed E-state index contributed by atoms with van der Waals surface area (Å²) in [5, 5.41) is 5.35. The molecule has 3 rings (SSSR count). The summed E-state index contributed by atoms with van der Waals surface area (Å²) < 4.78 is 0. The van der Waals surface area contributed by atoms with Crippen molar-refractivity contribution < 1.29 is 4.79 Å². The fraction of sp³-hybridized carbons (Fsp3) is 0.250. The first-order chi connectivity index (χ1) is 12.5. The van der Waals surface area contributed by atoms with E-state index in [2.05, 4.69) is 53.4 Å². The molecule has 26 heavy (non-hydrogen) atoms. The summed E-state index contributed by atoms with van der Waals surface area (Å²) in [5.41, 5.74) is 7.03. The number of nitrogens with one attached hydrogen (secondary N) is 2. The summed E-state index contributed by atoms with van der Waals surface area (Å²) in [6.45, 7) is 6.35. The molecule has 2 N–H and O–H groups in total. The van der Waals surface area contributed by atoms with Gasteiger partial charge in [-0.1, -0.05) is 56.8 Å². The number of fused-ring (bicyclic) bond motifs is 1. The zero-order valence-corrected chi connectivity index (χ0v) is 15.9. The lowest BCUT2D eigenvalue weighted by Gasteiger charge is -2.00. The number of imidazole rings is 1. The summed E-state index contributed by atoms with van der Waals surface area (Å²) in [5.74, 6) is -0.249. The molecule has 6 heteroatoms. The lowest BCUT2D eigenvalue weighted by atomic mass is 10.1. The van der Waals surface area contributed by atoms with Gasteiger partial charge in [-0.05, 0) is 35.7 Å². The lowest BCUT2D eigenvalue weighted by molar-refractivity contribution is 0.0955. The van der Waals surface area contributed by atoms with Gasteiger partial charge in [0.25, 0.3) is 5.91 Å². The molecule has 0 saturated carbocycles. The molecule has 3 aromatic rings. The molecule has 1 aromatic heterocycles. The number of benzene rings is 2. The first kappa shape index (κ1) is 18.2. The van der Waals surface area contributed by atoms with E-state index in [0.717, 1.165) is 28.2 Å². The van der Waals surface area contributed by atoms with Gasteiger partial charge in [0.1, 0.15) is 0 Å². The Labute approximate surface area is 157 Å². The highest BCUT2D eigenvalue weighted by atomic mass is 32.2. The number of aryl methyl sites for hydroxylation is 1. The second-order valence-electron chi connectivity index (χ2n) is 6.23. The van der Waals surface area contributed by atoms with Crippen LogP contribution in [0.4, 0.5) is 0 Å². The fourth-order valence-electron chi connectivity index (χ4n) is 2.48. The number of aromatic amines is 1. The zero-order chi connectivity index (χ0) is 18.5. The molecule has 1 heterocycles. The molecule has 2 aromatic carbocycles. The Hall–Kier alpha value is -2.60. The number of hydrogen-bond acceptors (Lipinski definition) is 4. The Bertz CT molecular complexity index is 929.